The molecule has 0 unspecified atom stereocenters. The Morgan fingerprint density at radius 3 is 2.57 bits per heavy atom. The number of halogens is 2. The van der Waals surface area contributed by atoms with Gasteiger partial charge in [-0.05, 0) is 15.9 Å². The Kier molecular flexibility index (Phi) is 6.82. The predicted molar refractivity (Wildman–Crippen MR) is 84.0 cm³/mol. The van der Waals surface area contributed by atoms with Crippen molar-refractivity contribution in [2.75, 3.05) is 32.8 Å². The van der Waals surface area contributed by atoms with E-state index < -0.39 is 11.0 Å². The molecule has 0 spiro atoms. The van der Waals surface area contributed by atoms with Crippen molar-refractivity contribution in [1.82, 2.24) is 10.2 Å². The minimum atomic E-state index is -0.514. The third-order valence-corrected chi connectivity index (χ3v) is 4.02. The first-order valence-electron chi connectivity index (χ1n) is 6.27. The van der Waals surface area contributed by atoms with E-state index >= 15 is 0 Å². The fraction of sp³-hybridized carbons (Fsp3) is 0.500. The summed E-state index contributed by atoms with van der Waals surface area (Å²) in [5, 5.41) is 33.8. The van der Waals surface area contributed by atoms with Gasteiger partial charge in [-0.25, -0.2) is 0 Å². The van der Waals surface area contributed by atoms with Crippen LogP contribution in [-0.2, 0) is 0 Å². The highest BCUT2D eigenvalue weighted by molar-refractivity contribution is 9.10. The Labute approximate surface area is 136 Å². The molecule has 0 aromatic heterocycles. The van der Waals surface area contributed by atoms with E-state index in [2.05, 4.69) is 21.2 Å². The van der Waals surface area contributed by atoms with Crippen molar-refractivity contribution in [2.45, 2.75) is 6.04 Å². The summed E-state index contributed by atoms with van der Waals surface area (Å²) in [6, 6.07) is 2.13. The van der Waals surface area contributed by atoms with Gasteiger partial charge < -0.3 is 15.5 Å². The van der Waals surface area contributed by atoms with Crippen molar-refractivity contribution in [3.05, 3.63) is 32.3 Å². The minimum absolute atomic E-state index is 0. The van der Waals surface area contributed by atoms with Crippen LogP contribution < -0.4 is 5.32 Å². The van der Waals surface area contributed by atoms with Crippen molar-refractivity contribution < 1.29 is 15.1 Å². The van der Waals surface area contributed by atoms with E-state index in [0.29, 0.717) is 18.7 Å². The van der Waals surface area contributed by atoms with Gasteiger partial charge in [0.1, 0.15) is 5.75 Å². The summed E-state index contributed by atoms with van der Waals surface area (Å²) in [4.78, 5) is 12.4. The molecule has 1 fully saturated rings. The molecular formula is C12H17BrClN3O4. The lowest BCUT2D eigenvalue weighted by molar-refractivity contribution is -0.385. The first kappa shape index (κ1) is 18.1. The standard InChI is InChI=1S/C12H16BrN3O4.ClH/c13-10-6-8(16(19)20)5-9(12(10)18)11(7-17)15-3-1-14-2-4-15;/h5-6,11,14,17-18H,1-4,7H2;1H/t11-;/m0./s1. The molecular weight excluding hydrogens is 366 g/mol. The maximum atomic E-state index is 10.9. The van der Waals surface area contributed by atoms with E-state index in [1.807, 2.05) is 4.90 Å². The smallest absolute Gasteiger partial charge is 0.271 e. The largest absolute Gasteiger partial charge is 0.506 e. The molecule has 1 aromatic rings. The van der Waals surface area contributed by atoms with Crippen LogP contribution in [0.2, 0.25) is 0 Å². The number of phenolic OH excluding ortho intramolecular Hbond substituents is 1. The monoisotopic (exact) mass is 381 g/mol. The third-order valence-electron chi connectivity index (χ3n) is 3.41. The second-order valence-corrected chi connectivity index (χ2v) is 5.46. The maximum Gasteiger partial charge on any atom is 0.271 e. The molecule has 0 aliphatic carbocycles. The van der Waals surface area contributed by atoms with Gasteiger partial charge in [0.25, 0.3) is 5.69 Å². The molecule has 118 valence electrons. The molecule has 9 heteroatoms. The summed E-state index contributed by atoms with van der Waals surface area (Å²) >= 11 is 3.12. The number of nitrogens with zero attached hydrogens (tertiary/aromatic N) is 2. The topological polar surface area (TPSA) is 98.9 Å². The van der Waals surface area contributed by atoms with Crippen LogP contribution in [0.1, 0.15) is 11.6 Å². The number of nitro benzene ring substituents is 1. The quantitative estimate of drug-likeness (QED) is 0.538. The van der Waals surface area contributed by atoms with Crippen LogP contribution in [-0.4, -0.2) is 52.8 Å². The Balaban J connectivity index is 0.00000220. The summed E-state index contributed by atoms with van der Waals surface area (Å²) in [5.74, 6) is -0.0619. The summed E-state index contributed by atoms with van der Waals surface area (Å²) < 4.78 is 0.260. The molecule has 1 heterocycles. The van der Waals surface area contributed by atoms with Crippen LogP contribution in [0.25, 0.3) is 0 Å². The van der Waals surface area contributed by atoms with Crippen molar-refractivity contribution in [1.29, 1.82) is 0 Å². The van der Waals surface area contributed by atoms with Crippen LogP contribution in [0.15, 0.2) is 16.6 Å². The van der Waals surface area contributed by atoms with Gasteiger partial charge in [-0.1, -0.05) is 0 Å². The van der Waals surface area contributed by atoms with E-state index in [1.165, 1.54) is 12.1 Å². The van der Waals surface area contributed by atoms with Gasteiger partial charge in [0, 0.05) is 43.9 Å². The highest BCUT2D eigenvalue weighted by atomic mass is 79.9. The number of piperazine rings is 1. The Bertz CT molecular complexity index is 512. The van der Waals surface area contributed by atoms with Gasteiger partial charge in [-0.15, -0.1) is 12.4 Å². The minimum Gasteiger partial charge on any atom is -0.506 e. The summed E-state index contributed by atoms with van der Waals surface area (Å²) in [5.41, 5.74) is 0.258. The molecule has 1 atom stereocenters. The fourth-order valence-corrected chi connectivity index (χ4v) is 2.83. The van der Waals surface area contributed by atoms with Gasteiger partial charge >= 0.3 is 0 Å². The lowest BCUT2D eigenvalue weighted by atomic mass is 10.0. The number of aromatic hydroxyl groups is 1. The van der Waals surface area contributed by atoms with Gasteiger partial charge in [0.15, 0.2) is 0 Å². The van der Waals surface area contributed by atoms with Gasteiger partial charge in [-0.3, -0.25) is 15.0 Å². The van der Waals surface area contributed by atoms with Crippen LogP contribution in [0.4, 0.5) is 5.69 Å². The third kappa shape index (κ3) is 4.04. The van der Waals surface area contributed by atoms with Crippen LogP contribution in [0.3, 0.4) is 0 Å². The summed E-state index contributed by atoms with van der Waals surface area (Å²) in [6.45, 7) is 2.79. The molecule has 3 N–H and O–H groups in total. The Hall–Kier alpha value is -0.930. The average Bonchev–Trinajstić information content (AvgIpc) is 2.45. The zero-order valence-corrected chi connectivity index (χ0v) is 13.6. The van der Waals surface area contributed by atoms with E-state index in [-0.39, 0.29) is 34.9 Å². The molecule has 0 saturated carbocycles. The van der Waals surface area contributed by atoms with Crippen LogP contribution in [0.5, 0.6) is 5.75 Å². The zero-order valence-electron chi connectivity index (χ0n) is 11.2. The number of rotatable bonds is 4. The zero-order chi connectivity index (χ0) is 14.7. The molecule has 1 saturated heterocycles. The van der Waals surface area contributed by atoms with E-state index in [9.17, 15) is 20.3 Å². The molecule has 21 heavy (non-hydrogen) atoms. The molecule has 1 aliphatic heterocycles. The fourth-order valence-electron chi connectivity index (χ4n) is 2.37. The first-order chi connectivity index (χ1) is 9.54. The molecule has 2 rings (SSSR count). The second-order valence-electron chi connectivity index (χ2n) is 4.61. The average molecular weight is 383 g/mol. The van der Waals surface area contributed by atoms with Crippen molar-refractivity contribution in [3.8, 4) is 5.75 Å². The molecule has 7 nitrogen and oxygen atoms in total. The molecule has 0 radical (unpaired) electrons. The van der Waals surface area contributed by atoms with Gasteiger partial charge in [0.2, 0.25) is 0 Å². The first-order valence-corrected chi connectivity index (χ1v) is 7.06. The molecule has 1 aromatic carbocycles. The normalized spacial score (nSPS) is 17.0. The van der Waals surface area contributed by atoms with Crippen molar-refractivity contribution in [3.63, 3.8) is 0 Å². The van der Waals surface area contributed by atoms with Crippen LogP contribution >= 0.6 is 28.3 Å². The Morgan fingerprint density at radius 1 is 1.43 bits per heavy atom. The SMILES string of the molecule is Cl.O=[N+]([O-])c1cc(Br)c(O)c([C@H](CO)N2CCNCC2)c1. The number of benzene rings is 1. The number of hydrogen-bond acceptors (Lipinski definition) is 6. The predicted octanol–water partition coefficient (Wildman–Crippen LogP) is 1.42. The number of aliphatic hydroxyl groups excluding tert-OH is 1. The highest BCUT2D eigenvalue weighted by Crippen LogP contribution is 2.37. The number of aliphatic hydroxyl groups is 1. The van der Waals surface area contributed by atoms with E-state index in [1.54, 1.807) is 0 Å². The molecule has 1 aliphatic rings. The Morgan fingerprint density at radius 2 is 2.05 bits per heavy atom. The number of hydrogen-bond donors (Lipinski definition) is 3. The lowest BCUT2D eigenvalue weighted by Gasteiger charge is -2.34. The van der Waals surface area contributed by atoms with E-state index in [4.69, 9.17) is 0 Å². The summed E-state index contributed by atoms with van der Waals surface area (Å²) in [7, 11) is 0. The second kappa shape index (κ2) is 7.90. The number of nitro groups is 1. The lowest BCUT2D eigenvalue weighted by Crippen LogP contribution is -2.46. The summed E-state index contributed by atoms with van der Waals surface area (Å²) in [6.07, 6.45) is 0. The van der Waals surface area contributed by atoms with Crippen LogP contribution in [0, 0.1) is 10.1 Å². The maximum absolute atomic E-state index is 10.9. The number of phenols is 1. The van der Waals surface area contributed by atoms with Crippen molar-refractivity contribution >= 4 is 34.0 Å². The number of nitrogens with one attached hydrogen (secondary N) is 1. The highest BCUT2D eigenvalue weighted by Gasteiger charge is 2.27. The molecule has 0 bridgehead atoms. The molecule has 0 amide bonds. The number of non-ortho nitro benzene ring substituents is 1. The van der Waals surface area contributed by atoms with Crippen molar-refractivity contribution in [2.24, 2.45) is 0 Å². The van der Waals surface area contributed by atoms with E-state index in [0.717, 1.165) is 13.1 Å². The van der Waals surface area contributed by atoms with Gasteiger partial charge in [-0.2, -0.15) is 0 Å². The van der Waals surface area contributed by atoms with Gasteiger partial charge in [0.05, 0.1) is 22.0 Å².